The second-order valence-electron chi connectivity index (χ2n) is 16.7. The van der Waals surface area contributed by atoms with E-state index in [4.69, 9.17) is 6.57 Å². The first-order chi connectivity index (χ1) is 32.5. The van der Waals surface area contributed by atoms with Crippen molar-refractivity contribution >= 4 is 49.3 Å². The van der Waals surface area contributed by atoms with Gasteiger partial charge >= 0.3 is 0 Å². The Hall–Kier alpha value is -8.85. The van der Waals surface area contributed by atoms with Gasteiger partial charge in [0.2, 0.25) is 0 Å². The Kier molecular flexibility index (Phi) is 9.25. The molecule has 2 aromatic heterocycles. The molecular formula is C61H37F2N3. The van der Waals surface area contributed by atoms with Gasteiger partial charge in [-0.2, -0.15) is 0 Å². The van der Waals surface area contributed by atoms with Crippen LogP contribution in [0.15, 0.2) is 224 Å². The van der Waals surface area contributed by atoms with Crippen molar-refractivity contribution in [3.63, 3.8) is 0 Å². The molecule has 2 heterocycles. The molecule has 0 fully saturated rings. The van der Waals surface area contributed by atoms with Gasteiger partial charge in [-0.1, -0.05) is 146 Å². The van der Waals surface area contributed by atoms with Crippen LogP contribution in [-0.4, -0.2) is 9.13 Å². The highest BCUT2D eigenvalue weighted by atomic mass is 19.1. The Morgan fingerprint density at radius 1 is 0.303 bits per heavy atom. The normalized spacial score (nSPS) is 11.5. The third kappa shape index (κ3) is 6.55. The molecule has 0 spiro atoms. The lowest BCUT2D eigenvalue weighted by molar-refractivity contribution is 0.584. The Morgan fingerprint density at radius 2 is 0.621 bits per heavy atom. The third-order valence-electron chi connectivity index (χ3n) is 12.8. The van der Waals surface area contributed by atoms with Crippen LogP contribution in [0.2, 0.25) is 0 Å². The predicted molar refractivity (Wildman–Crippen MR) is 268 cm³/mol. The lowest BCUT2D eigenvalue weighted by Gasteiger charge is -2.20. The largest absolute Gasteiger partial charge is 0.308 e. The van der Waals surface area contributed by atoms with Crippen molar-refractivity contribution in [3.05, 3.63) is 248 Å². The van der Waals surface area contributed by atoms with E-state index >= 15 is 8.78 Å². The first kappa shape index (κ1) is 38.8. The Labute approximate surface area is 380 Å². The molecule has 0 aliphatic carbocycles. The van der Waals surface area contributed by atoms with Crippen molar-refractivity contribution in [3.8, 4) is 67.0 Å². The van der Waals surface area contributed by atoms with Gasteiger partial charge in [-0.3, -0.25) is 0 Å². The second kappa shape index (κ2) is 15.7. The maximum atomic E-state index is 15.1. The van der Waals surface area contributed by atoms with Gasteiger partial charge in [0.15, 0.2) is 5.69 Å². The molecule has 0 unspecified atom stereocenters. The fraction of sp³-hybridized carbons (Fsp3) is 0. The Bertz CT molecular complexity index is 3670. The van der Waals surface area contributed by atoms with Crippen molar-refractivity contribution in [2.45, 2.75) is 0 Å². The fourth-order valence-corrected chi connectivity index (χ4v) is 9.76. The van der Waals surface area contributed by atoms with E-state index in [0.29, 0.717) is 5.56 Å². The number of fused-ring (bicyclic) bond motifs is 6. The number of hydrogen-bond acceptors (Lipinski definition) is 0. The molecule has 0 aliphatic rings. The zero-order valence-corrected chi connectivity index (χ0v) is 35.5. The summed E-state index contributed by atoms with van der Waals surface area (Å²) < 4.78 is 34.8. The molecule has 66 heavy (non-hydrogen) atoms. The molecule has 0 atom stereocenters. The predicted octanol–water partition coefficient (Wildman–Crippen LogP) is 17.0. The lowest BCUT2D eigenvalue weighted by atomic mass is 10.0. The summed E-state index contributed by atoms with van der Waals surface area (Å²) >= 11 is 0. The van der Waals surface area contributed by atoms with E-state index in [1.807, 2.05) is 36.4 Å². The highest BCUT2D eigenvalue weighted by molar-refractivity contribution is 6.14. The number of benzene rings is 10. The maximum absolute atomic E-state index is 15.1. The van der Waals surface area contributed by atoms with E-state index in [1.54, 1.807) is 0 Å². The van der Waals surface area contributed by atoms with Crippen LogP contribution in [0.5, 0.6) is 0 Å². The minimum atomic E-state index is -0.712. The first-order valence-corrected chi connectivity index (χ1v) is 21.9. The molecule has 310 valence electrons. The third-order valence-corrected chi connectivity index (χ3v) is 12.8. The van der Waals surface area contributed by atoms with Crippen LogP contribution in [0.4, 0.5) is 14.5 Å². The highest BCUT2D eigenvalue weighted by Crippen LogP contribution is 2.45. The van der Waals surface area contributed by atoms with Gasteiger partial charge in [-0.25, -0.2) is 13.6 Å². The zero-order valence-electron chi connectivity index (χ0n) is 35.5. The molecule has 0 bridgehead atoms. The molecule has 0 saturated heterocycles. The molecule has 0 amide bonds. The van der Waals surface area contributed by atoms with Crippen LogP contribution in [0, 0.1) is 18.2 Å². The summed E-state index contributed by atoms with van der Waals surface area (Å²) in [6, 6.07) is 75.1. The minimum absolute atomic E-state index is 0.272. The van der Waals surface area contributed by atoms with Crippen LogP contribution in [-0.2, 0) is 0 Å². The van der Waals surface area contributed by atoms with Gasteiger partial charge in [0.05, 0.1) is 40.0 Å². The second-order valence-corrected chi connectivity index (χ2v) is 16.7. The summed E-state index contributed by atoms with van der Waals surface area (Å²) in [5.41, 5.74) is 15.0. The number of hydrogen-bond donors (Lipinski definition) is 0. The number of aromatic nitrogens is 2. The Balaban J connectivity index is 1.21. The number of nitrogens with zero attached hydrogens (tertiary/aromatic N) is 3. The minimum Gasteiger partial charge on any atom is -0.308 e. The molecule has 12 rings (SSSR count). The van der Waals surface area contributed by atoms with Crippen LogP contribution in [0.1, 0.15) is 0 Å². The monoisotopic (exact) mass is 849 g/mol. The van der Waals surface area contributed by atoms with Gasteiger partial charge in [0.25, 0.3) is 0 Å². The molecular weight excluding hydrogens is 813 g/mol. The lowest BCUT2D eigenvalue weighted by Crippen LogP contribution is -2.04. The summed E-state index contributed by atoms with van der Waals surface area (Å²) in [5.74, 6) is -1.42. The van der Waals surface area contributed by atoms with E-state index < -0.39 is 11.6 Å². The van der Waals surface area contributed by atoms with E-state index in [-0.39, 0.29) is 11.3 Å². The summed E-state index contributed by atoms with van der Waals surface area (Å²) in [5, 5.41) is 4.20. The van der Waals surface area contributed by atoms with Crippen LogP contribution < -0.4 is 0 Å². The van der Waals surface area contributed by atoms with Crippen molar-refractivity contribution in [1.82, 2.24) is 9.13 Å². The number of rotatable bonds is 7. The van der Waals surface area contributed by atoms with Crippen molar-refractivity contribution in [2.24, 2.45) is 0 Å². The molecule has 0 radical (unpaired) electrons. The van der Waals surface area contributed by atoms with Gasteiger partial charge in [-0.05, 0) is 128 Å². The SMILES string of the molecule is [C-]#[N+]c1cc(-n2c3ccc(-c4ccccc4)cc3c3cc(-c4ccccc4)ccc32)c(-n2c3ccc(-c4ccccc4)cc3c3cc(-c4ccccc4)ccc32)cc1-c1cc(F)cc(F)c1. The van der Waals surface area contributed by atoms with E-state index in [1.165, 1.54) is 12.1 Å². The first-order valence-electron chi connectivity index (χ1n) is 21.9. The van der Waals surface area contributed by atoms with E-state index in [0.717, 1.165) is 106 Å². The smallest absolute Gasteiger partial charge is 0.197 e. The van der Waals surface area contributed by atoms with Crippen molar-refractivity contribution < 1.29 is 8.78 Å². The fourth-order valence-electron chi connectivity index (χ4n) is 9.76. The molecule has 0 saturated carbocycles. The molecule has 3 nitrogen and oxygen atoms in total. The maximum Gasteiger partial charge on any atom is 0.197 e. The quantitative estimate of drug-likeness (QED) is 0.142. The standard InChI is InChI=1S/C61H37F2N3/c1-64-55-38-61(66-58-28-24-45(41-18-10-4-11-19-41)34-53(58)54-35-46(25-29-59(54)66)42-20-12-5-13-21-42)60(37-50(55)47-30-48(62)36-49(63)31-47)65-56-26-22-43(39-14-6-2-7-15-39)32-51(56)52-33-44(23-27-57(52)65)40-16-8-3-9-17-40/h2-38H. The van der Waals surface area contributed by atoms with Gasteiger partial charge in [-0.15, -0.1) is 0 Å². The zero-order chi connectivity index (χ0) is 44.3. The van der Waals surface area contributed by atoms with Gasteiger partial charge < -0.3 is 9.13 Å². The number of halogens is 2. The summed E-state index contributed by atoms with van der Waals surface area (Å²) in [6.45, 7) is 8.58. The Morgan fingerprint density at radius 3 is 0.939 bits per heavy atom. The van der Waals surface area contributed by atoms with Gasteiger partial charge in [0.1, 0.15) is 11.6 Å². The molecule has 0 aliphatic heterocycles. The summed E-state index contributed by atoms with van der Waals surface area (Å²) in [7, 11) is 0. The van der Waals surface area contributed by atoms with Crippen LogP contribution in [0.3, 0.4) is 0 Å². The summed E-state index contributed by atoms with van der Waals surface area (Å²) in [4.78, 5) is 4.06. The van der Waals surface area contributed by atoms with Gasteiger partial charge in [0, 0.05) is 27.6 Å². The van der Waals surface area contributed by atoms with Crippen molar-refractivity contribution in [2.75, 3.05) is 0 Å². The molecule has 5 heteroatoms. The molecule has 0 N–H and O–H groups in total. The van der Waals surface area contributed by atoms with Crippen LogP contribution >= 0.6 is 0 Å². The topological polar surface area (TPSA) is 14.2 Å². The van der Waals surface area contributed by atoms with E-state index in [9.17, 15) is 0 Å². The molecule has 10 aromatic carbocycles. The summed E-state index contributed by atoms with van der Waals surface area (Å²) in [6.07, 6.45) is 0. The average Bonchev–Trinajstić information content (AvgIpc) is 3.87. The highest BCUT2D eigenvalue weighted by Gasteiger charge is 2.24. The average molecular weight is 850 g/mol. The molecule has 12 aromatic rings. The van der Waals surface area contributed by atoms with E-state index in [2.05, 4.69) is 184 Å². The van der Waals surface area contributed by atoms with Crippen LogP contribution in [0.25, 0.3) is 115 Å². The van der Waals surface area contributed by atoms with Crippen molar-refractivity contribution in [1.29, 1.82) is 0 Å².